The van der Waals surface area contributed by atoms with Crippen LogP contribution in [0, 0.1) is 5.82 Å². The van der Waals surface area contributed by atoms with Gasteiger partial charge in [0.15, 0.2) is 0 Å². The Hall–Kier alpha value is -3.58. The first-order valence-corrected chi connectivity index (χ1v) is 11.1. The average molecular weight is 446 g/mol. The molecule has 0 fully saturated rings. The molecule has 0 bridgehead atoms. The number of carbonyl (C=O) groups excluding carboxylic acids is 1. The zero-order valence-corrected chi connectivity index (χ0v) is 18.7. The van der Waals surface area contributed by atoms with Gasteiger partial charge in [-0.15, -0.1) is 0 Å². The summed E-state index contributed by atoms with van der Waals surface area (Å²) < 4.78 is 13.0. The normalized spacial score (nSPS) is 11.2. The Morgan fingerprint density at radius 3 is 2.70 bits per heavy atom. The molecule has 2 aromatic heterocycles. The summed E-state index contributed by atoms with van der Waals surface area (Å²) >= 11 is 0. The number of benzene rings is 2. The number of aromatic amines is 1. The van der Waals surface area contributed by atoms with E-state index in [1.807, 2.05) is 36.5 Å². The van der Waals surface area contributed by atoms with Crippen molar-refractivity contribution in [3.05, 3.63) is 95.3 Å². The lowest BCUT2D eigenvalue weighted by molar-refractivity contribution is -0.120. The fourth-order valence-corrected chi connectivity index (χ4v) is 3.85. The fraction of sp³-hybridized carbons (Fsp3) is 0.269. The van der Waals surface area contributed by atoms with E-state index in [-0.39, 0.29) is 18.1 Å². The number of para-hydroxylation sites is 2. The third kappa shape index (κ3) is 6.46. The molecule has 170 valence electrons. The van der Waals surface area contributed by atoms with Gasteiger partial charge in [-0.1, -0.05) is 30.3 Å². The Kier molecular flexibility index (Phi) is 7.42. The zero-order chi connectivity index (χ0) is 23.0. The van der Waals surface area contributed by atoms with Gasteiger partial charge in [-0.05, 0) is 61.3 Å². The number of nitrogens with one attached hydrogen (secondary N) is 2. The molecule has 4 aromatic rings. The second kappa shape index (κ2) is 10.8. The second-order valence-corrected chi connectivity index (χ2v) is 8.24. The van der Waals surface area contributed by atoms with E-state index in [4.69, 9.17) is 0 Å². The van der Waals surface area contributed by atoms with Crippen LogP contribution in [0.4, 0.5) is 4.39 Å². The Morgan fingerprint density at radius 1 is 1.06 bits per heavy atom. The van der Waals surface area contributed by atoms with Crippen molar-refractivity contribution in [2.75, 3.05) is 13.6 Å². The Morgan fingerprint density at radius 2 is 1.88 bits per heavy atom. The molecule has 4 rings (SSSR count). The minimum absolute atomic E-state index is 0.0569. The minimum Gasteiger partial charge on any atom is -0.356 e. The van der Waals surface area contributed by atoms with E-state index in [1.165, 1.54) is 17.7 Å². The maximum Gasteiger partial charge on any atom is 0.224 e. The number of aryl methyl sites for hydroxylation is 1. The molecular formula is C26H28FN5O. The average Bonchev–Trinajstić information content (AvgIpc) is 3.21. The molecule has 33 heavy (non-hydrogen) atoms. The van der Waals surface area contributed by atoms with Crippen molar-refractivity contribution in [1.29, 1.82) is 0 Å². The van der Waals surface area contributed by atoms with E-state index < -0.39 is 0 Å². The van der Waals surface area contributed by atoms with Crippen molar-refractivity contribution in [3.63, 3.8) is 0 Å². The van der Waals surface area contributed by atoms with E-state index in [1.54, 1.807) is 12.1 Å². The molecule has 0 atom stereocenters. The van der Waals surface area contributed by atoms with Gasteiger partial charge >= 0.3 is 0 Å². The number of H-pyrrole nitrogens is 1. The van der Waals surface area contributed by atoms with Crippen LogP contribution in [0.15, 0.2) is 66.9 Å². The van der Waals surface area contributed by atoms with Gasteiger partial charge < -0.3 is 10.3 Å². The molecule has 2 heterocycles. The van der Waals surface area contributed by atoms with E-state index in [0.29, 0.717) is 19.6 Å². The molecule has 7 heteroatoms. The quantitative estimate of drug-likeness (QED) is 0.362. The number of carbonyl (C=O) groups is 1. The Labute approximate surface area is 192 Å². The topological polar surface area (TPSA) is 73.9 Å². The van der Waals surface area contributed by atoms with Crippen LogP contribution in [-0.4, -0.2) is 39.4 Å². The number of aromatic nitrogens is 3. The van der Waals surface area contributed by atoms with Crippen LogP contribution in [0.2, 0.25) is 0 Å². The van der Waals surface area contributed by atoms with Gasteiger partial charge in [0.2, 0.25) is 5.91 Å². The first kappa shape index (κ1) is 22.6. The van der Waals surface area contributed by atoms with Crippen LogP contribution >= 0.6 is 0 Å². The number of hydrogen-bond donors (Lipinski definition) is 2. The number of halogens is 1. The highest BCUT2D eigenvalue weighted by atomic mass is 19.1. The Bertz CT molecular complexity index is 1170. The van der Waals surface area contributed by atoms with Crippen LogP contribution in [-0.2, 0) is 30.7 Å². The first-order valence-electron chi connectivity index (χ1n) is 11.1. The second-order valence-electron chi connectivity index (χ2n) is 8.24. The number of amides is 1. The molecule has 0 aliphatic rings. The van der Waals surface area contributed by atoms with Crippen molar-refractivity contribution >= 4 is 16.9 Å². The monoisotopic (exact) mass is 445 g/mol. The number of rotatable bonds is 10. The molecule has 1 amide bonds. The zero-order valence-electron chi connectivity index (χ0n) is 18.7. The van der Waals surface area contributed by atoms with Crippen molar-refractivity contribution in [3.8, 4) is 0 Å². The van der Waals surface area contributed by atoms with E-state index in [2.05, 4.69) is 38.3 Å². The van der Waals surface area contributed by atoms with Crippen LogP contribution in [0.5, 0.6) is 0 Å². The highest BCUT2D eigenvalue weighted by Gasteiger charge is 2.10. The van der Waals surface area contributed by atoms with E-state index in [9.17, 15) is 9.18 Å². The third-order valence-corrected chi connectivity index (χ3v) is 5.49. The number of imidazole rings is 1. The smallest absolute Gasteiger partial charge is 0.224 e. The van der Waals surface area contributed by atoms with Crippen LogP contribution in [0.3, 0.4) is 0 Å². The lowest BCUT2D eigenvalue weighted by Gasteiger charge is -2.17. The fourth-order valence-electron chi connectivity index (χ4n) is 3.85. The Balaban J connectivity index is 1.25. The van der Waals surface area contributed by atoms with E-state index in [0.717, 1.165) is 41.0 Å². The summed E-state index contributed by atoms with van der Waals surface area (Å²) in [5.41, 5.74) is 5.04. The summed E-state index contributed by atoms with van der Waals surface area (Å²) in [6.07, 6.45) is 3.73. The van der Waals surface area contributed by atoms with Gasteiger partial charge in [0.1, 0.15) is 11.6 Å². The van der Waals surface area contributed by atoms with Gasteiger partial charge in [0, 0.05) is 19.3 Å². The molecule has 0 radical (unpaired) electrons. The van der Waals surface area contributed by atoms with Crippen molar-refractivity contribution in [1.82, 2.24) is 25.2 Å². The maximum absolute atomic E-state index is 13.0. The number of nitrogens with zero attached hydrogens (tertiary/aromatic N) is 3. The minimum atomic E-state index is -0.297. The summed E-state index contributed by atoms with van der Waals surface area (Å²) in [6.45, 7) is 2.00. The lowest BCUT2D eigenvalue weighted by atomic mass is 10.1. The largest absolute Gasteiger partial charge is 0.356 e. The summed E-state index contributed by atoms with van der Waals surface area (Å²) in [4.78, 5) is 26.9. The van der Waals surface area contributed by atoms with Crippen LogP contribution in [0.25, 0.3) is 11.0 Å². The summed E-state index contributed by atoms with van der Waals surface area (Å²) in [5, 5.41) is 2.95. The van der Waals surface area contributed by atoms with Gasteiger partial charge in [-0.3, -0.25) is 14.7 Å². The van der Waals surface area contributed by atoms with E-state index >= 15 is 0 Å². The molecule has 0 unspecified atom stereocenters. The van der Waals surface area contributed by atoms with Crippen LogP contribution in [0.1, 0.15) is 29.1 Å². The SMILES string of the molecule is CN(Cc1nc2ccccc2[nH]1)Cc1ncccc1CCCNC(=O)Cc1ccc(F)cc1. The highest BCUT2D eigenvalue weighted by molar-refractivity contribution is 5.78. The molecule has 0 aliphatic heterocycles. The number of fused-ring (bicyclic) bond motifs is 1. The molecule has 6 nitrogen and oxygen atoms in total. The summed E-state index contributed by atoms with van der Waals surface area (Å²) in [5.74, 6) is 0.577. The van der Waals surface area contributed by atoms with Crippen molar-refractivity contribution in [2.24, 2.45) is 0 Å². The lowest BCUT2D eigenvalue weighted by Crippen LogP contribution is -2.26. The van der Waals surface area contributed by atoms with Gasteiger partial charge in [-0.2, -0.15) is 0 Å². The van der Waals surface area contributed by atoms with Gasteiger partial charge in [0.25, 0.3) is 0 Å². The predicted molar refractivity (Wildman–Crippen MR) is 127 cm³/mol. The molecule has 2 N–H and O–H groups in total. The third-order valence-electron chi connectivity index (χ3n) is 5.49. The first-order chi connectivity index (χ1) is 16.1. The van der Waals surface area contributed by atoms with Crippen molar-refractivity contribution < 1.29 is 9.18 Å². The molecule has 0 aliphatic carbocycles. The summed E-state index contributed by atoms with van der Waals surface area (Å²) in [7, 11) is 2.06. The number of pyridine rings is 1. The van der Waals surface area contributed by atoms with Gasteiger partial charge in [0.05, 0.1) is 29.7 Å². The van der Waals surface area contributed by atoms with Gasteiger partial charge in [-0.25, -0.2) is 9.37 Å². The molecule has 2 aromatic carbocycles. The molecule has 0 saturated carbocycles. The molecule has 0 saturated heterocycles. The summed E-state index contributed by atoms with van der Waals surface area (Å²) in [6, 6.07) is 18.1. The standard InChI is InChI=1S/C26H28FN5O/c1-32(18-25-30-22-8-2-3-9-23(22)31-25)17-24-20(6-4-14-28-24)7-5-15-29-26(33)16-19-10-12-21(27)13-11-19/h2-4,6,8-14H,5,7,15-18H2,1H3,(H,29,33)(H,30,31). The predicted octanol–water partition coefficient (Wildman–Crippen LogP) is 4.02. The maximum atomic E-state index is 13.0. The van der Waals surface area contributed by atoms with Crippen LogP contribution < -0.4 is 5.32 Å². The van der Waals surface area contributed by atoms with Crippen molar-refractivity contribution in [2.45, 2.75) is 32.4 Å². The molecular weight excluding hydrogens is 417 g/mol. The number of hydrogen-bond acceptors (Lipinski definition) is 4. The molecule has 0 spiro atoms. The highest BCUT2D eigenvalue weighted by Crippen LogP contribution is 2.14.